The molecule has 24 rings (SSSR count). The van der Waals surface area contributed by atoms with Crippen molar-refractivity contribution in [1.29, 1.82) is 0 Å². The van der Waals surface area contributed by atoms with Gasteiger partial charge < -0.3 is 48.0 Å². The Morgan fingerprint density at radius 3 is 0.871 bits per heavy atom. The molecule has 0 unspecified atom stereocenters. The number of fused-ring (bicyclic) bond motifs is 6. The highest BCUT2D eigenvalue weighted by molar-refractivity contribution is 6.08. The van der Waals surface area contributed by atoms with Crippen molar-refractivity contribution in [3.8, 4) is 34.5 Å². The number of benzene rings is 6. The molecule has 17 aromatic rings. The summed E-state index contributed by atoms with van der Waals surface area (Å²) >= 11 is 0. The van der Waals surface area contributed by atoms with E-state index in [4.69, 9.17) is 28.4 Å². The summed E-state index contributed by atoms with van der Waals surface area (Å²) in [6, 6.07) is 83.8. The lowest BCUT2D eigenvalue weighted by molar-refractivity contribution is 0.0688. The van der Waals surface area contributed by atoms with Crippen LogP contribution < -0.4 is 52.9 Å². The Kier molecular flexibility index (Phi) is 30.5. The van der Waals surface area contributed by atoms with Gasteiger partial charge in [0.1, 0.15) is 154 Å². The Balaban J connectivity index is 0.000000111. The lowest BCUT2D eigenvalue weighted by atomic mass is 10.2. The van der Waals surface area contributed by atoms with Gasteiger partial charge in [-0.25, -0.2) is 9.97 Å². The Labute approximate surface area is 848 Å². The van der Waals surface area contributed by atoms with Gasteiger partial charge in [-0.15, -0.1) is 0 Å². The fraction of sp³-hybridized carbons (Fsp3) is 0.241. The Hall–Kier alpha value is -18.1. The average Bonchev–Trinajstić information content (AvgIpc) is 1.69. The zero-order valence-electron chi connectivity index (χ0n) is 82.1. The smallest absolute Gasteiger partial charge is 0.277 e. The quantitative estimate of drug-likeness (QED) is 0.0513. The second-order valence-corrected chi connectivity index (χ2v) is 36.0. The topological polar surface area (TPSA) is 349 Å². The molecule has 1 fully saturated rings. The van der Waals surface area contributed by atoms with Gasteiger partial charge in [-0.1, -0.05) is 115 Å². The number of amides is 6. The van der Waals surface area contributed by atoms with Crippen LogP contribution in [0.2, 0.25) is 0 Å². The number of carbonyl (C=O) groups is 6. The fourth-order valence-corrected chi connectivity index (χ4v) is 17.2. The van der Waals surface area contributed by atoms with Crippen molar-refractivity contribution in [3.63, 3.8) is 0 Å². The number of nitrogens with zero attached hydrogens (tertiary/aromatic N) is 23. The van der Waals surface area contributed by atoms with Gasteiger partial charge in [0.05, 0.1) is 74.9 Å². The predicted molar refractivity (Wildman–Crippen MR) is 550 cm³/mol. The fourth-order valence-electron chi connectivity index (χ4n) is 17.2. The predicted octanol–water partition coefficient (Wildman–Crippen LogP) is 16.5. The molecular weight excluding hydrogens is 1860 g/mol. The molecule has 0 N–H and O–H groups in total. The van der Waals surface area contributed by atoms with E-state index in [0.717, 1.165) is 139 Å². The Morgan fingerprint density at radius 2 is 0.565 bits per heavy atom. The van der Waals surface area contributed by atoms with Crippen molar-refractivity contribution in [3.05, 3.63) is 407 Å². The molecule has 1 saturated carbocycles. The summed E-state index contributed by atoms with van der Waals surface area (Å²) in [5, 5.41) is 26.9. The number of hydrogen-bond acceptors (Lipinski definition) is 23. The standard InChI is InChI=1S/5C19H18N4O2.C17H19N3O2/c2*1-14-9-16(12-20-11-14)22-7-8-23-18(19(22)24)10-15(21-23)13-25-17-5-3-2-4-6-17;1-14-7-8-16(12-20-14)22-9-10-23-18(19(22)24)11-15(21-23)13-25-17-5-3-2-4-6-17;1-14-7-8-18(20-12-14)22-9-10-23-17(19(22)24)11-15(21-23)13-25-16-5-3-2-4-6-16;1-14-7-8-20-18(11-14)22-9-10-23-17(19(22)24)12-15(21-23)13-25-16-5-3-2-4-6-16;21-17-16-10-14(12-22-15-4-2-1-3-5-15)18-20(16)9-8-19(17)11-13-6-7-13/h2*2-6,9-12H,7-8,13H2,1H3;3*2-8,11-12H,9-10,13H2,1H3;1-5,10,13H,6-9,11-12H2. The number of pyridine rings is 5. The molecule has 35 nitrogen and oxygen atoms in total. The summed E-state index contributed by atoms with van der Waals surface area (Å²) in [5.74, 6) is 6.58. The van der Waals surface area contributed by atoms with Crippen LogP contribution in [-0.4, -0.2) is 170 Å². The molecule has 1 aliphatic carbocycles. The first-order chi connectivity index (χ1) is 71.8. The van der Waals surface area contributed by atoms with Crippen LogP contribution in [-0.2, 0) is 78.9 Å². The van der Waals surface area contributed by atoms with E-state index in [1.54, 1.807) is 122 Å². The molecule has 0 spiro atoms. The summed E-state index contributed by atoms with van der Waals surface area (Å²) < 4.78 is 44.9. The maximum Gasteiger partial charge on any atom is 0.277 e. The highest BCUT2D eigenvalue weighted by Crippen LogP contribution is 2.34. The van der Waals surface area contributed by atoms with E-state index in [9.17, 15) is 28.8 Å². The third-order valence-electron chi connectivity index (χ3n) is 24.9. The molecule has 11 aromatic heterocycles. The molecule has 6 amide bonds. The van der Waals surface area contributed by atoms with Crippen molar-refractivity contribution in [2.24, 2.45) is 5.92 Å². The first-order valence-electron chi connectivity index (χ1n) is 48.8. The van der Waals surface area contributed by atoms with E-state index in [0.29, 0.717) is 151 Å². The van der Waals surface area contributed by atoms with E-state index in [-0.39, 0.29) is 35.4 Å². The molecule has 35 heteroatoms. The number of carbonyl (C=O) groups excluding carboxylic acids is 6. The maximum absolute atomic E-state index is 12.8. The van der Waals surface area contributed by atoms with Crippen molar-refractivity contribution in [2.45, 2.75) is 126 Å². The highest BCUT2D eigenvalue weighted by atomic mass is 16.5. The van der Waals surface area contributed by atoms with Gasteiger partial charge >= 0.3 is 0 Å². The van der Waals surface area contributed by atoms with Gasteiger partial charge in [0.25, 0.3) is 35.4 Å². The molecule has 0 radical (unpaired) electrons. The molecule has 147 heavy (non-hydrogen) atoms. The molecule has 0 atom stereocenters. The van der Waals surface area contributed by atoms with E-state index in [1.807, 2.05) is 281 Å². The minimum atomic E-state index is -0.0823. The van der Waals surface area contributed by atoms with Crippen LogP contribution in [0.25, 0.3) is 0 Å². The second-order valence-electron chi connectivity index (χ2n) is 36.0. The van der Waals surface area contributed by atoms with E-state index in [2.05, 4.69) is 55.5 Å². The van der Waals surface area contributed by atoms with E-state index >= 15 is 0 Å². The largest absolute Gasteiger partial charge is 0.487 e. The highest BCUT2D eigenvalue weighted by Gasteiger charge is 2.36. The number of aryl methyl sites for hydroxylation is 5. The summed E-state index contributed by atoms with van der Waals surface area (Å²) in [5.41, 5.74) is 15.7. The third-order valence-corrected chi connectivity index (χ3v) is 24.9. The van der Waals surface area contributed by atoms with Crippen LogP contribution in [0, 0.1) is 40.5 Å². The molecule has 0 saturated heterocycles. The van der Waals surface area contributed by atoms with Gasteiger partial charge in [-0.05, 0) is 227 Å². The normalized spacial score (nSPS) is 14.2. The molecule has 0 bridgehead atoms. The van der Waals surface area contributed by atoms with Gasteiger partial charge in [-0.3, -0.25) is 81.6 Å². The van der Waals surface area contributed by atoms with Crippen LogP contribution in [0.1, 0.15) is 138 Å². The zero-order valence-corrected chi connectivity index (χ0v) is 82.1. The van der Waals surface area contributed by atoms with Gasteiger partial charge in [0.2, 0.25) is 0 Å². The van der Waals surface area contributed by atoms with Gasteiger partial charge in [0.15, 0.2) is 0 Å². The van der Waals surface area contributed by atoms with Crippen molar-refractivity contribution in [2.75, 3.05) is 70.3 Å². The lowest BCUT2D eigenvalue weighted by Gasteiger charge is -2.27. The van der Waals surface area contributed by atoms with Gasteiger partial charge in [-0.2, -0.15) is 30.6 Å². The number of aromatic nitrogens is 17. The van der Waals surface area contributed by atoms with Crippen LogP contribution in [0.3, 0.4) is 0 Å². The maximum atomic E-state index is 12.8. The Bertz CT molecular complexity index is 6920. The molecule has 6 aliphatic heterocycles. The number of anilines is 5. The van der Waals surface area contributed by atoms with E-state index in [1.165, 1.54) is 12.8 Å². The second kappa shape index (κ2) is 45.9. The monoisotopic (exact) mass is 1970 g/mol. The first-order valence-corrected chi connectivity index (χ1v) is 48.8. The molecule has 17 heterocycles. The molecule has 6 aromatic carbocycles. The third kappa shape index (κ3) is 24.7. The van der Waals surface area contributed by atoms with Crippen LogP contribution in [0.5, 0.6) is 34.5 Å². The number of rotatable bonds is 25. The van der Waals surface area contributed by atoms with E-state index < -0.39 is 0 Å². The first kappa shape index (κ1) is 97.8. The SMILES string of the molecule is Cc1ccc(N2CCn3nc(COc4ccccc4)cc3C2=O)cn1.Cc1ccc(N2CCn3nc(COc4ccccc4)cc3C2=O)nc1.Cc1ccnc(N2CCn3nc(COc4ccccc4)cc3C2=O)c1.Cc1cncc(N2CCn3nc(COc4ccccc4)cc3C2=O)c1.Cc1cncc(N2CCn3nc(COc4ccccc4)cc3C2=O)c1.O=C1c2cc(COc3ccccc3)nn2CCN1CC1CC1. The van der Waals surface area contributed by atoms with Crippen molar-refractivity contribution < 1.29 is 57.2 Å². The number of para-hydroxylation sites is 6. The molecule has 744 valence electrons. The summed E-state index contributed by atoms with van der Waals surface area (Å²) in [4.78, 5) is 108. The minimum absolute atomic E-state index is 0.0582. The summed E-state index contributed by atoms with van der Waals surface area (Å²) in [6.07, 6.45) is 14.8. The van der Waals surface area contributed by atoms with Crippen molar-refractivity contribution in [1.82, 2.24) is 88.5 Å². The minimum Gasteiger partial charge on any atom is -0.487 e. The number of hydrogen-bond donors (Lipinski definition) is 0. The lowest BCUT2D eigenvalue weighted by Crippen LogP contribution is -2.41. The molecule has 7 aliphatic rings. The van der Waals surface area contributed by atoms with Crippen molar-refractivity contribution >= 4 is 64.1 Å². The van der Waals surface area contributed by atoms with Crippen LogP contribution in [0.4, 0.5) is 28.7 Å². The van der Waals surface area contributed by atoms with Gasteiger partial charge in [0, 0.05) is 76.3 Å². The summed E-state index contributed by atoms with van der Waals surface area (Å²) in [7, 11) is 0. The zero-order chi connectivity index (χ0) is 101. The molecular formula is C112H109N23O12. The Morgan fingerprint density at radius 1 is 0.252 bits per heavy atom. The van der Waals surface area contributed by atoms with Crippen LogP contribution >= 0.6 is 0 Å². The average molecular weight is 1970 g/mol. The number of ether oxygens (including phenoxy) is 6. The summed E-state index contributed by atoms with van der Waals surface area (Å²) in [6.45, 7) is 20.4. The van der Waals surface area contributed by atoms with Crippen LogP contribution in [0.15, 0.2) is 310 Å².